The number of rotatable bonds is 5. The number of ether oxygens (including phenoxy) is 1. The van der Waals surface area contributed by atoms with Gasteiger partial charge in [0, 0.05) is 10.4 Å². The number of aryl methyl sites for hydroxylation is 2. The molecule has 1 N–H and O–H groups in total. The maximum atomic E-state index is 13.9. The van der Waals surface area contributed by atoms with Crippen molar-refractivity contribution in [2.45, 2.75) is 37.3 Å². The highest BCUT2D eigenvalue weighted by atomic mass is 32.2. The van der Waals surface area contributed by atoms with Crippen molar-refractivity contribution in [2.24, 2.45) is 0 Å². The average Bonchev–Trinajstić information content (AvgIpc) is 3.08. The monoisotopic (exact) mass is 517 g/mol. The minimum Gasteiger partial charge on any atom is -0.482 e. The molecule has 1 aliphatic heterocycles. The van der Waals surface area contributed by atoms with Crippen molar-refractivity contribution in [3.63, 3.8) is 0 Å². The maximum Gasteiger partial charge on any atom is 0.267 e. The van der Waals surface area contributed by atoms with Crippen molar-refractivity contribution in [1.29, 1.82) is 0 Å². The molecule has 1 aliphatic carbocycles. The van der Waals surface area contributed by atoms with Crippen LogP contribution in [-0.4, -0.2) is 33.6 Å². The number of para-hydroxylation sites is 1. The Morgan fingerprint density at radius 1 is 1.08 bits per heavy atom. The standard InChI is InChI=1S/C27H23N3O4S2/c31-20(16-11-12-21-19(13-16)28-23(32)14-34-21)15-35-27-29-25-24(18-9-5-2-6-10-22(18)36-25)26(33)30(27)17-7-3-1-4-8-17/h1,3-4,7-8,11-13H,2,5-6,9-10,14-15H2,(H,28,32). The van der Waals surface area contributed by atoms with Crippen molar-refractivity contribution < 1.29 is 14.3 Å². The van der Waals surface area contributed by atoms with E-state index >= 15 is 0 Å². The fourth-order valence-electron chi connectivity index (χ4n) is 4.73. The maximum absolute atomic E-state index is 13.9. The molecular weight excluding hydrogens is 494 g/mol. The Balaban J connectivity index is 1.37. The average molecular weight is 518 g/mol. The lowest BCUT2D eigenvalue weighted by Crippen LogP contribution is -2.25. The summed E-state index contributed by atoms with van der Waals surface area (Å²) in [6, 6.07) is 14.5. The fraction of sp³-hybridized carbons (Fsp3) is 0.259. The molecule has 0 fully saturated rings. The summed E-state index contributed by atoms with van der Waals surface area (Å²) in [4.78, 5) is 45.6. The number of carbonyl (C=O) groups is 2. The number of thiophene rings is 1. The Bertz CT molecular complexity index is 1560. The third kappa shape index (κ3) is 4.22. The van der Waals surface area contributed by atoms with Crippen molar-refractivity contribution in [2.75, 3.05) is 17.7 Å². The van der Waals surface area contributed by atoms with Gasteiger partial charge in [-0.25, -0.2) is 4.98 Å². The van der Waals surface area contributed by atoms with Crippen LogP contribution in [0.15, 0.2) is 58.5 Å². The minimum absolute atomic E-state index is 0.0343. The summed E-state index contributed by atoms with van der Waals surface area (Å²) in [6.07, 6.45) is 5.29. The first kappa shape index (κ1) is 23.0. The van der Waals surface area contributed by atoms with E-state index in [9.17, 15) is 14.4 Å². The second-order valence-electron chi connectivity index (χ2n) is 8.87. The molecule has 6 rings (SSSR count). The Kier molecular flexibility index (Phi) is 6.10. The second-order valence-corrected chi connectivity index (χ2v) is 10.9. The number of Topliss-reactive ketones (excluding diaryl/α,β-unsaturated/α-hetero) is 1. The summed E-state index contributed by atoms with van der Waals surface area (Å²) < 4.78 is 7.02. The molecule has 3 heterocycles. The number of hydrogen-bond donors (Lipinski definition) is 1. The van der Waals surface area contributed by atoms with Crippen LogP contribution in [0.4, 0.5) is 5.69 Å². The molecule has 0 saturated carbocycles. The number of nitrogens with zero attached hydrogens (tertiary/aromatic N) is 2. The molecule has 2 aliphatic rings. The van der Waals surface area contributed by atoms with Gasteiger partial charge in [-0.2, -0.15) is 0 Å². The first-order chi connectivity index (χ1) is 17.6. The van der Waals surface area contributed by atoms with E-state index in [0.29, 0.717) is 22.2 Å². The molecule has 0 spiro atoms. The minimum atomic E-state index is -0.250. The topological polar surface area (TPSA) is 90.3 Å². The SMILES string of the molecule is O=C1COc2ccc(C(=O)CSc3nc4sc5c(c4c(=O)n3-c3ccccc3)CCCCC5)cc2N1. The Morgan fingerprint density at radius 3 is 2.78 bits per heavy atom. The molecule has 0 bridgehead atoms. The molecule has 0 unspecified atom stereocenters. The van der Waals surface area contributed by atoms with Crippen molar-refractivity contribution >= 4 is 50.7 Å². The highest BCUT2D eigenvalue weighted by Crippen LogP contribution is 2.35. The van der Waals surface area contributed by atoms with Gasteiger partial charge in [0.15, 0.2) is 17.5 Å². The van der Waals surface area contributed by atoms with E-state index in [1.807, 2.05) is 30.3 Å². The van der Waals surface area contributed by atoms with Gasteiger partial charge in [-0.15, -0.1) is 11.3 Å². The fourth-order valence-corrected chi connectivity index (χ4v) is 6.94. The third-order valence-electron chi connectivity index (χ3n) is 6.49. The number of hydrogen-bond acceptors (Lipinski definition) is 7. The van der Waals surface area contributed by atoms with E-state index < -0.39 is 0 Å². The molecule has 182 valence electrons. The van der Waals surface area contributed by atoms with E-state index in [2.05, 4.69) is 5.32 Å². The molecule has 0 saturated heterocycles. The zero-order valence-electron chi connectivity index (χ0n) is 19.4. The second kappa shape index (κ2) is 9.55. The normalized spacial score (nSPS) is 14.9. The van der Waals surface area contributed by atoms with Gasteiger partial charge in [-0.3, -0.25) is 19.0 Å². The lowest BCUT2D eigenvalue weighted by atomic mass is 10.1. The number of ketones is 1. The van der Waals surface area contributed by atoms with E-state index in [1.165, 1.54) is 23.1 Å². The highest BCUT2D eigenvalue weighted by Gasteiger charge is 2.23. The van der Waals surface area contributed by atoms with Gasteiger partial charge < -0.3 is 10.1 Å². The number of anilines is 1. The van der Waals surface area contributed by atoms with Gasteiger partial charge in [-0.05, 0) is 61.6 Å². The Hall–Kier alpha value is -3.43. The van der Waals surface area contributed by atoms with Crippen LogP contribution >= 0.6 is 23.1 Å². The van der Waals surface area contributed by atoms with Gasteiger partial charge in [0.2, 0.25) is 0 Å². The molecular formula is C27H23N3O4S2. The van der Waals surface area contributed by atoms with Gasteiger partial charge in [0.05, 0.1) is 22.5 Å². The number of carbonyl (C=O) groups excluding carboxylic acids is 2. The van der Waals surface area contributed by atoms with Crippen LogP contribution in [0.25, 0.3) is 15.9 Å². The number of amides is 1. The zero-order chi connectivity index (χ0) is 24.6. The number of nitrogens with one attached hydrogen (secondary N) is 1. The number of aromatic nitrogens is 2. The number of thioether (sulfide) groups is 1. The van der Waals surface area contributed by atoms with Crippen LogP contribution in [0.2, 0.25) is 0 Å². The van der Waals surface area contributed by atoms with Crippen molar-refractivity contribution in [3.05, 3.63) is 74.9 Å². The van der Waals surface area contributed by atoms with E-state index in [1.54, 1.807) is 34.1 Å². The molecule has 36 heavy (non-hydrogen) atoms. The molecule has 7 nitrogen and oxygen atoms in total. The molecule has 1 amide bonds. The Morgan fingerprint density at radius 2 is 1.92 bits per heavy atom. The largest absolute Gasteiger partial charge is 0.482 e. The predicted molar refractivity (Wildman–Crippen MR) is 142 cm³/mol. The molecule has 2 aromatic carbocycles. The zero-order valence-corrected chi connectivity index (χ0v) is 21.0. The van der Waals surface area contributed by atoms with Crippen LogP contribution in [0.1, 0.15) is 40.1 Å². The van der Waals surface area contributed by atoms with Crippen LogP contribution in [0, 0.1) is 0 Å². The lowest BCUT2D eigenvalue weighted by Gasteiger charge is -2.18. The first-order valence-electron chi connectivity index (χ1n) is 11.9. The number of fused-ring (bicyclic) bond motifs is 4. The summed E-state index contributed by atoms with van der Waals surface area (Å²) in [5.41, 5.74) is 2.76. The van der Waals surface area contributed by atoms with Crippen LogP contribution in [0.3, 0.4) is 0 Å². The Labute approximate surface area is 215 Å². The van der Waals surface area contributed by atoms with E-state index in [0.717, 1.165) is 47.2 Å². The van der Waals surface area contributed by atoms with Gasteiger partial charge >= 0.3 is 0 Å². The smallest absolute Gasteiger partial charge is 0.267 e. The summed E-state index contributed by atoms with van der Waals surface area (Å²) in [7, 11) is 0. The molecule has 9 heteroatoms. The first-order valence-corrected chi connectivity index (χ1v) is 13.7. The summed E-state index contributed by atoms with van der Waals surface area (Å²) in [5, 5.41) is 3.96. The van der Waals surface area contributed by atoms with Crippen LogP contribution in [-0.2, 0) is 17.6 Å². The molecule has 0 radical (unpaired) electrons. The van der Waals surface area contributed by atoms with Gasteiger partial charge in [0.1, 0.15) is 10.6 Å². The highest BCUT2D eigenvalue weighted by molar-refractivity contribution is 7.99. The predicted octanol–water partition coefficient (Wildman–Crippen LogP) is 5.02. The van der Waals surface area contributed by atoms with Crippen LogP contribution in [0.5, 0.6) is 5.75 Å². The van der Waals surface area contributed by atoms with Gasteiger partial charge in [0.25, 0.3) is 11.5 Å². The van der Waals surface area contributed by atoms with Crippen molar-refractivity contribution in [1.82, 2.24) is 9.55 Å². The molecule has 2 aromatic heterocycles. The quantitative estimate of drug-likeness (QED) is 0.173. The third-order valence-corrected chi connectivity index (χ3v) is 8.61. The summed E-state index contributed by atoms with van der Waals surface area (Å²) >= 11 is 2.87. The van der Waals surface area contributed by atoms with E-state index in [-0.39, 0.29) is 29.6 Å². The molecule has 0 atom stereocenters. The van der Waals surface area contributed by atoms with Crippen LogP contribution < -0.4 is 15.6 Å². The summed E-state index contributed by atoms with van der Waals surface area (Å²) in [6.45, 7) is -0.0343. The lowest BCUT2D eigenvalue weighted by molar-refractivity contribution is -0.118. The number of benzene rings is 2. The van der Waals surface area contributed by atoms with Crippen molar-refractivity contribution in [3.8, 4) is 11.4 Å². The van der Waals surface area contributed by atoms with Gasteiger partial charge in [-0.1, -0.05) is 36.4 Å². The van der Waals surface area contributed by atoms with E-state index in [4.69, 9.17) is 9.72 Å². The molecule has 4 aromatic rings. The summed E-state index contributed by atoms with van der Waals surface area (Å²) in [5.74, 6) is 0.267.